The molecule has 2 aromatic rings. The molecule has 94 valence electrons. The normalized spacial score (nSPS) is 19.9. The number of nitrogens with one attached hydrogen (secondary N) is 1. The second-order valence-electron chi connectivity index (χ2n) is 4.24. The SMILES string of the molecule is Nc1nc(N2CC(CCl)CC2=O)c2[nH]cnc2n1. The lowest BCUT2D eigenvalue weighted by molar-refractivity contribution is -0.117. The number of nitrogens with two attached hydrogens (primary N) is 1. The van der Waals surface area contributed by atoms with Crippen molar-refractivity contribution in [2.75, 3.05) is 23.1 Å². The third-order valence-corrected chi connectivity index (χ3v) is 3.40. The van der Waals surface area contributed by atoms with Gasteiger partial charge in [-0.2, -0.15) is 9.97 Å². The molecule has 1 saturated heterocycles. The second kappa shape index (κ2) is 4.09. The lowest BCUT2D eigenvalue weighted by Gasteiger charge is -2.15. The number of amides is 1. The highest BCUT2D eigenvalue weighted by Gasteiger charge is 2.32. The van der Waals surface area contributed by atoms with Crippen molar-refractivity contribution in [2.24, 2.45) is 5.92 Å². The van der Waals surface area contributed by atoms with E-state index in [2.05, 4.69) is 19.9 Å². The van der Waals surface area contributed by atoms with Crippen LogP contribution in [0.4, 0.5) is 11.8 Å². The molecule has 0 bridgehead atoms. The van der Waals surface area contributed by atoms with Gasteiger partial charge in [0.05, 0.1) is 6.33 Å². The van der Waals surface area contributed by atoms with Gasteiger partial charge in [-0.1, -0.05) is 0 Å². The largest absolute Gasteiger partial charge is 0.368 e. The predicted octanol–water partition coefficient (Wildman–Crippen LogP) is 0.527. The number of aromatic amines is 1. The Morgan fingerprint density at radius 1 is 1.56 bits per heavy atom. The van der Waals surface area contributed by atoms with E-state index < -0.39 is 0 Å². The van der Waals surface area contributed by atoms with Crippen molar-refractivity contribution < 1.29 is 4.79 Å². The van der Waals surface area contributed by atoms with Crippen molar-refractivity contribution in [3.63, 3.8) is 0 Å². The van der Waals surface area contributed by atoms with Gasteiger partial charge in [-0.25, -0.2) is 4.98 Å². The minimum absolute atomic E-state index is 0.00495. The van der Waals surface area contributed by atoms with Crippen molar-refractivity contribution in [3.05, 3.63) is 6.33 Å². The van der Waals surface area contributed by atoms with Crippen LogP contribution in [0.2, 0.25) is 0 Å². The standard InChI is InChI=1S/C10H11ClN6O/c11-2-5-1-6(18)17(3-5)9-7-8(14-4-13-7)15-10(12)16-9/h4-5H,1-3H2,(H3,12,13,14,15,16). The summed E-state index contributed by atoms with van der Waals surface area (Å²) < 4.78 is 0. The monoisotopic (exact) mass is 266 g/mol. The van der Waals surface area contributed by atoms with Crippen molar-refractivity contribution in [2.45, 2.75) is 6.42 Å². The molecule has 0 aliphatic carbocycles. The van der Waals surface area contributed by atoms with Gasteiger partial charge in [0.15, 0.2) is 11.5 Å². The molecule has 1 amide bonds. The molecule has 1 fully saturated rings. The minimum atomic E-state index is -0.00495. The molecule has 3 heterocycles. The third kappa shape index (κ3) is 1.67. The van der Waals surface area contributed by atoms with Crippen molar-refractivity contribution >= 4 is 40.4 Å². The summed E-state index contributed by atoms with van der Waals surface area (Å²) in [4.78, 5) is 28.6. The molecule has 3 rings (SSSR count). The minimum Gasteiger partial charge on any atom is -0.368 e. The highest BCUT2D eigenvalue weighted by Crippen LogP contribution is 2.28. The first-order valence-corrected chi connectivity index (χ1v) is 6.05. The summed E-state index contributed by atoms with van der Waals surface area (Å²) in [5, 5.41) is 0. The van der Waals surface area contributed by atoms with Crippen LogP contribution in [0, 0.1) is 5.92 Å². The van der Waals surface area contributed by atoms with Gasteiger partial charge >= 0.3 is 0 Å². The molecule has 1 atom stereocenters. The Hall–Kier alpha value is -1.89. The molecule has 0 spiro atoms. The maximum Gasteiger partial charge on any atom is 0.228 e. The van der Waals surface area contributed by atoms with E-state index in [-0.39, 0.29) is 17.8 Å². The van der Waals surface area contributed by atoms with Crippen LogP contribution in [0.1, 0.15) is 6.42 Å². The zero-order valence-electron chi connectivity index (χ0n) is 9.43. The van der Waals surface area contributed by atoms with Crippen LogP contribution in [-0.4, -0.2) is 38.3 Å². The Bertz CT molecular complexity index is 611. The van der Waals surface area contributed by atoms with E-state index in [1.54, 1.807) is 4.90 Å². The Morgan fingerprint density at radius 2 is 2.39 bits per heavy atom. The molecular weight excluding hydrogens is 256 g/mol. The lowest BCUT2D eigenvalue weighted by Crippen LogP contribution is -2.26. The van der Waals surface area contributed by atoms with E-state index in [1.165, 1.54) is 6.33 Å². The number of anilines is 2. The molecule has 7 nitrogen and oxygen atoms in total. The van der Waals surface area contributed by atoms with Crippen LogP contribution in [0.25, 0.3) is 11.2 Å². The Kier molecular flexibility index (Phi) is 2.55. The number of nitrogen functional groups attached to an aromatic ring is 1. The number of carbonyl (C=O) groups is 1. The Balaban J connectivity index is 2.09. The fourth-order valence-corrected chi connectivity index (χ4v) is 2.33. The first kappa shape index (κ1) is 11.2. The third-order valence-electron chi connectivity index (χ3n) is 2.96. The number of nitrogens with zero attached hydrogens (tertiary/aromatic N) is 4. The van der Waals surface area contributed by atoms with Gasteiger partial charge in [0, 0.05) is 18.8 Å². The number of halogens is 1. The second-order valence-corrected chi connectivity index (χ2v) is 4.54. The number of alkyl halides is 1. The summed E-state index contributed by atoms with van der Waals surface area (Å²) in [7, 11) is 0. The highest BCUT2D eigenvalue weighted by atomic mass is 35.5. The van der Waals surface area contributed by atoms with Gasteiger partial charge in [0.25, 0.3) is 0 Å². The van der Waals surface area contributed by atoms with Crippen LogP contribution in [0.5, 0.6) is 0 Å². The molecule has 1 aliphatic heterocycles. The van der Waals surface area contributed by atoms with Crippen LogP contribution in [0.15, 0.2) is 6.33 Å². The molecule has 0 radical (unpaired) electrons. The average molecular weight is 267 g/mol. The number of rotatable bonds is 2. The lowest BCUT2D eigenvalue weighted by atomic mass is 10.1. The van der Waals surface area contributed by atoms with Gasteiger partial charge in [-0.15, -0.1) is 11.6 Å². The van der Waals surface area contributed by atoms with E-state index >= 15 is 0 Å². The van der Waals surface area contributed by atoms with Gasteiger partial charge in [0.2, 0.25) is 11.9 Å². The number of fused-ring (bicyclic) bond motifs is 1. The molecule has 3 N–H and O–H groups in total. The number of H-pyrrole nitrogens is 1. The van der Waals surface area contributed by atoms with E-state index in [4.69, 9.17) is 17.3 Å². The number of hydrogen-bond donors (Lipinski definition) is 2. The zero-order chi connectivity index (χ0) is 12.7. The number of aromatic nitrogens is 4. The Labute approximate surface area is 107 Å². The molecule has 1 unspecified atom stereocenters. The van der Waals surface area contributed by atoms with Crippen molar-refractivity contribution in [1.82, 2.24) is 19.9 Å². The first-order valence-electron chi connectivity index (χ1n) is 5.52. The van der Waals surface area contributed by atoms with E-state index in [0.717, 1.165) is 0 Å². The summed E-state index contributed by atoms with van der Waals surface area (Å²) in [5.41, 5.74) is 6.70. The first-order chi connectivity index (χ1) is 8.69. The van der Waals surface area contributed by atoms with Crippen molar-refractivity contribution in [3.8, 4) is 0 Å². The van der Waals surface area contributed by atoms with E-state index in [1.807, 2.05) is 0 Å². The maximum absolute atomic E-state index is 12.0. The molecule has 2 aromatic heterocycles. The van der Waals surface area contributed by atoms with Crippen molar-refractivity contribution in [1.29, 1.82) is 0 Å². The van der Waals surface area contributed by atoms with Gasteiger partial charge in [-0.05, 0) is 5.92 Å². The summed E-state index contributed by atoms with van der Waals surface area (Å²) in [5.74, 6) is 1.18. The van der Waals surface area contributed by atoms with Gasteiger partial charge in [0.1, 0.15) is 5.52 Å². The molecular formula is C10H11ClN6O. The topological polar surface area (TPSA) is 101 Å². The molecule has 18 heavy (non-hydrogen) atoms. The summed E-state index contributed by atoms with van der Waals surface area (Å²) in [6.07, 6.45) is 1.94. The molecule has 0 saturated carbocycles. The smallest absolute Gasteiger partial charge is 0.228 e. The average Bonchev–Trinajstić information content (AvgIpc) is 2.94. The van der Waals surface area contributed by atoms with Crippen LogP contribution < -0.4 is 10.6 Å². The van der Waals surface area contributed by atoms with Gasteiger partial charge < -0.3 is 10.7 Å². The number of hydrogen-bond acceptors (Lipinski definition) is 5. The summed E-state index contributed by atoms with van der Waals surface area (Å²) >= 11 is 5.80. The maximum atomic E-state index is 12.0. The van der Waals surface area contributed by atoms with Crippen LogP contribution >= 0.6 is 11.6 Å². The predicted molar refractivity (Wildman–Crippen MR) is 67.3 cm³/mol. The molecule has 0 aromatic carbocycles. The molecule has 8 heteroatoms. The van der Waals surface area contributed by atoms with E-state index in [9.17, 15) is 4.79 Å². The fourth-order valence-electron chi connectivity index (χ4n) is 2.12. The fraction of sp³-hybridized carbons (Fsp3) is 0.400. The quantitative estimate of drug-likeness (QED) is 0.772. The summed E-state index contributed by atoms with van der Waals surface area (Å²) in [6, 6.07) is 0. The highest BCUT2D eigenvalue weighted by molar-refractivity contribution is 6.18. The Morgan fingerprint density at radius 3 is 3.11 bits per heavy atom. The van der Waals surface area contributed by atoms with E-state index in [0.29, 0.717) is 35.8 Å². The zero-order valence-corrected chi connectivity index (χ0v) is 10.2. The van der Waals surface area contributed by atoms with Crippen LogP contribution in [0.3, 0.4) is 0 Å². The van der Waals surface area contributed by atoms with Crippen LogP contribution in [-0.2, 0) is 4.79 Å². The molecule has 1 aliphatic rings. The number of carbonyl (C=O) groups excluding carboxylic acids is 1. The van der Waals surface area contributed by atoms with Gasteiger partial charge in [-0.3, -0.25) is 9.69 Å². The summed E-state index contributed by atoms with van der Waals surface area (Å²) in [6.45, 7) is 0.549. The number of imidazole rings is 1.